The van der Waals surface area contributed by atoms with Crippen LogP contribution in [0.4, 0.5) is 4.79 Å². The van der Waals surface area contributed by atoms with E-state index in [1.807, 2.05) is 0 Å². The first-order valence-electron chi connectivity index (χ1n) is 6.36. The van der Waals surface area contributed by atoms with Gasteiger partial charge >= 0.3 is 6.09 Å². The van der Waals surface area contributed by atoms with Crippen molar-refractivity contribution in [1.82, 2.24) is 20.3 Å². The number of aromatic nitrogens is 3. The van der Waals surface area contributed by atoms with Gasteiger partial charge in [-0.05, 0) is 27.2 Å². The molecule has 0 saturated heterocycles. The highest BCUT2D eigenvalue weighted by Gasteiger charge is 2.16. The third kappa shape index (κ3) is 8.25. The van der Waals surface area contributed by atoms with Crippen LogP contribution in [0.2, 0.25) is 0 Å². The van der Waals surface area contributed by atoms with Gasteiger partial charge in [-0.2, -0.15) is 8.42 Å². The maximum atomic E-state index is 11.4. The average molecular weight is 320 g/mol. The fourth-order valence-corrected chi connectivity index (χ4v) is 1.91. The first-order chi connectivity index (χ1) is 9.55. The zero-order valence-electron chi connectivity index (χ0n) is 12.2. The molecule has 0 aliphatic heterocycles. The average Bonchev–Trinajstić information content (AvgIpc) is 2.70. The molecule has 10 heteroatoms. The SMILES string of the molecule is CC(C)(C)OC(=O)NCc1cn(CCCS(=O)(=O)O)nn1. The number of amides is 1. The van der Waals surface area contributed by atoms with Gasteiger partial charge in [0, 0.05) is 6.54 Å². The van der Waals surface area contributed by atoms with Crippen LogP contribution in [0.5, 0.6) is 0 Å². The molecule has 0 fully saturated rings. The summed E-state index contributed by atoms with van der Waals surface area (Å²) in [7, 11) is -3.96. The van der Waals surface area contributed by atoms with Crippen LogP contribution in [0, 0.1) is 0 Å². The lowest BCUT2D eigenvalue weighted by Crippen LogP contribution is -2.32. The lowest BCUT2D eigenvalue weighted by Gasteiger charge is -2.19. The minimum atomic E-state index is -3.96. The van der Waals surface area contributed by atoms with Crippen LogP contribution >= 0.6 is 0 Å². The summed E-state index contributed by atoms with van der Waals surface area (Å²) in [5, 5.41) is 10.2. The van der Waals surface area contributed by atoms with Crippen LogP contribution in [-0.4, -0.2) is 45.4 Å². The Morgan fingerprint density at radius 2 is 2.14 bits per heavy atom. The van der Waals surface area contributed by atoms with Gasteiger partial charge in [-0.1, -0.05) is 5.21 Å². The van der Waals surface area contributed by atoms with Crippen molar-refractivity contribution >= 4 is 16.2 Å². The van der Waals surface area contributed by atoms with Crippen molar-refractivity contribution in [2.75, 3.05) is 5.75 Å². The molecule has 0 radical (unpaired) electrons. The van der Waals surface area contributed by atoms with Crippen molar-refractivity contribution < 1.29 is 22.5 Å². The van der Waals surface area contributed by atoms with Crippen LogP contribution in [0.3, 0.4) is 0 Å². The number of nitrogens with one attached hydrogen (secondary N) is 1. The molecule has 0 atom stereocenters. The molecule has 0 bridgehead atoms. The zero-order chi connectivity index (χ0) is 16.1. The molecule has 1 heterocycles. The summed E-state index contributed by atoms with van der Waals surface area (Å²) in [6.45, 7) is 5.75. The van der Waals surface area contributed by atoms with Crippen LogP contribution in [0.15, 0.2) is 6.20 Å². The maximum absolute atomic E-state index is 11.4. The van der Waals surface area contributed by atoms with Crippen LogP contribution in [-0.2, 0) is 27.9 Å². The first kappa shape index (κ1) is 17.4. The number of hydrogen-bond acceptors (Lipinski definition) is 6. The Morgan fingerprint density at radius 3 is 2.71 bits per heavy atom. The van der Waals surface area contributed by atoms with E-state index in [0.29, 0.717) is 12.2 Å². The Bertz CT molecular complexity index is 576. The molecule has 21 heavy (non-hydrogen) atoms. The standard InChI is InChI=1S/C11H20N4O5S/c1-11(2,3)20-10(16)12-7-9-8-15(14-13-9)5-4-6-21(17,18)19/h8H,4-7H2,1-3H3,(H,12,16)(H,17,18,19). The monoisotopic (exact) mass is 320 g/mol. The zero-order valence-corrected chi connectivity index (χ0v) is 13.1. The van der Waals surface area contributed by atoms with Gasteiger partial charge in [0.25, 0.3) is 10.1 Å². The highest BCUT2D eigenvalue weighted by Crippen LogP contribution is 2.06. The fraction of sp³-hybridized carbons (Fsp3) is 0.727. The summed E-state index contributed by atoms with van der Waals surface area (Å²) in [6.07, 6.45) is 1.26. The Balaban J connectivity index is 2.37. The number of hydrogen-bond donors (Lipinski definition) is 2. The van der Waals surface area contributed by atoms with E-state index in [2.05, 4.69) is 15.6 Å². The Labute approximate surface area is 123 Å². The summed E-state index contributed by atoms with van der Waals surface area (Å²) in [4.78, 5) is 11.4. The molecule has 1 amide bonds. The van der Waals surface area contributed by atoms with Crippen molar-refractivity contribution in [3.05, 3.63) is 11.9 Å². The predicted molar refractivity (Wildman–Crippen MR) is 74.1 cm³/mol. The lowest BCUT2D eigenvalue weighted by molar-refractivity contribution is 0.0523. The van der Waals surface area contributed by atoms with Gasteiger partial charge in [0.15, 0.2) is 0 Å². The molecule has 1 aromatic rings. The van der Waals surface area contributed by atoms with Crippen molar-refractivity contribution in [3.63, 3.8) is 0 Å². The highest BCUT2D eigenvalue weighted by molar-refractivity contribution is 7.85. The van der Waals surface area contributed by atoms with Gasteiger partial charge < -0.3 is 10.1 Å². The largest absolute Gasteiger partial charge is 0.444 e. The van der Waals surface area contributed by atoms with E-state index >= 15 is 0 Å². The summed E-state index contributed by atoms with van der Waals surface area (Å²) in [5.74, 6) is -0.335. The van der Waals surface area contributed by atoms with Crippen molar-refractivity contribution in [1.29, 1.82) is 0 Å². The van der Waals surface area contributed by atoms with Gasteiger partial charge in [-0.3, -0.25) is 9.23 Å². The van der Waals surface area contributed by atoms with E-state index < -0.39 is 21.8 Å². The fourth-order valence-electron chi connectivity index (χ4n) is 1.41. The van der Waals surface area contributed by atoms with Crippen molar-refractivity contribution in [2.45, 2.75) is 45.9 Å². The molecule has 2 N–H and O–H groups in total. The Kier molecular flexibility index (Phi) is 5.67. The summed E-state index contributed by atoms with van der Waals surface area (Å²) in [5.41, 5.74) is -0.0509. The van der Waals surface area contributed by atoms with Gasteiger partial charge in [-0.25, -0.2) is 4.79 Å². The third-order valence-corrected chi connectivity index (χ3v) is 2.99. The van der Waals surface area contributed by atoms with Crippen molar-refractivity contribution in [3.8, 4) is 0 Å². The molecule has 9 nitrogen and oxygen atoms in total. The number of carbonyl (C=O) groups excluding carboxylic acids is 1. The van der Waals surface area contributed by atoms with E-state index in [4.69, 9.17) is 9.29 Å². The van der Waals surface area contributed by atoms with Crippen LogP contribution < -0.4 is 5.32 Å². The molecule has 1 aromatic heterocycles. The third-order valence-electron chi connectivity index (χ3n) is 2.19. The van der Waals surface area contributed by atoms with Crippen LogP contribution in [0.1, 0.15) is 32.9 Å². The summed E-state index contributed by atoms with van der Waals surface area (Å²) in [6, 6.07) is 0. The predicted octanol–water partition coefficient (Wildman–Crippen LogP) is 0.581. The number of carbonyl (C=O) groups is 1. The smallest absolute Gasteiger partial charge is 0.407 e. The number of ether oxygens (including phenoxy) is 1. The first-order valence-corrected chi connectivity index (χ1v) is 7.97. The summed E-state index contributed by atoms with van der Waals surface area (Å²) < 4.78 is 36.2. The molecular weight excluding hydrogens is 300 g/mol. The number of alkyl carbamates (subject to hydrolysis) is 1. The molecule has 0 aliphatic carbocycles. The van der Waals surface area contributed by atoms with E-state index in [1.165, 1.54) is 4.68 Å². The molecule has 0 saturated carbocycles. The second-order valence-corrected chi connectivity index (χ2v) is 7.04. The number of nitrogens with zero attached hydrogens (tertiary/aromatic N) is 3. The van der Waals surface area contributed by atoms with Crippen molar-refractivity contribution in [2.24, 2.45) is 0 Å². The second-order valence-electron chi connectivity index (χ2n) is 5.47. The lowest BCUT2D eigenvalue weighted by atomic mass is 10.2. The van der Waals surface area contributed by atoms with E-state index in [0.717, 1.165) is 0 Å². The minimum Gasteiger partial charge on any atom is -0.444 e. The molecule has 120 valence electrons. The highest BCUT2D eigenvalue weighted by atomic mass is 32.2. The molecule has 0 aliphatic rings. The Hall–Kier alpha value is -1.68. The quantitative estimate of drug-likeness (QED) is 0.735. The molecular formula is C11H20N4O5S. The summed E-state index contributed by atoms with van der Waals surface area (Å²) >= 11 is 0. The van der Waals surface area contributed by atoms with E-state index in [-0.39, 0.29) is 18.7 Å². The Morgan fingerprint density at radius 1 is 1.48 bits per heavy atom. The molecule has 0 unspecified atom stereocenters. The minimum absolute atomic E-state index is 0.160. The number of aryl methyl sites for hydroxylation is 1. The van der Waals surface area contributed by atoms with Gasteiger partial charge in [0.2, 0.25) is 0 Å². The maximum Gasteiger partial charge on any atom is 0.407 e. The second kappa shape index (κ2) is 6.85. The van der Waals surface area contributed by atoms with Gasteiger partial charge in [-0.15, -0.1) is 5.10 Å². The normalized spacial score (nSPS) is 12.2. The van der Waals surface area contributed by atoms with Crippen LogP contribution in [0.25, 0.3) is 0 Å². The molecule has 0 spiro atoms. The molecule has 0 aromatic carbocycles. The number of rotatable bonds is 6. The van der Waals surface area contributed by atoms with E-state index in [1.54, 1.807) is 27.0 Å². The van der Waals surface area contributed by atoms with Gasteiger partial charge in [0.05, 0.1) is 18.5 Å². The van der Waals surface area contributed by atoms with E-state index in [9.17, 15) is 13.2 Å². The van der Waals surface area contributed by atoms with Gasteiger partial charge in [0.1, 0.15) is 11.3 Å². The molecule has 1 rings (SSSR count). The topological polar surface area (TPSA) is 123 Å².